The molecule has 0 bridgehead atoms. The molecule has 152 valence electrons. The van der Waals surface area contributed by atoms with Crippen LogP contribution in [-0.4, -0.2) is 30.2 Å². The van der Waals surface area contributed by atoms with Gasteiger partial charge in [-0.15, -0.1) is 12.4 Å². The quantitative estimate of drug-likeness (QED) is 0.718. The van der Waals surface area contributed by atoms with E-state index in [-0.39, 0.29) is 42.3 Å². The molecule has 1 heterocycles. The van der Waals surface area contributed by atoms with Crippen molar-refractivity contribution in [2.75, 3.05) is 0 Å². The van der Waals surface area contributed by atoms with Crippen LogP contribution in [0.4, 0.5) is 0 Å². The summed E-state index contributed by atoms with van der Waals surface area (Å²) in [5.41, 5.74) is 5.91. The first kappa shape index (κ1) is 23.2. The van der Waals surface area contributed by atoms with Crippen LogP contribution in [0, 0.1) is 17.8 Å². The van der Waals surface area contributed by atoms with E-state index in [1.807, 2.05) is 6.92 Å². The fourth-order valence-electron chi connectivity index (χ4n) is 4.04. The molecule has 6 heteroatoms. The molecule has 1 saturated carbocycles. The molecule has 2 N–H and O–H groups in total. The zero-order valence-electron chi connectivity index (χ0n) is 16.4. The second kappa shape index (κ2) is 11.1. The third-order valence-corrected chi connectivity index (χ3v) is 5.68. The van der Waals surface area contributed by atoms with Crippen molar-refractivity contribution in [1.82, 2.24) is 0 Å². The van der Waals surface area contributed by atoms with Crippen molar-refractivity contribution < 1.29 is 19.1 Å². The van der Waals surface area contributed by atoms with Crippen molar-refractivity contribution in [2.45, 2.75) is 96.8 Å². The number of carbonyl (C=O) groups excluding carboxylic acids is 2. The molecule has 1 saturated heterocycles. The third-order valence-electron chi connectivity index (χ3n) is 5.68. The van der Waals surface area contributed by atoms with Gasteiger partial charge in [-0.1, -0.05) is 39.5 Å². The second-order valence-electron chi connectivity index (χ2n) is 8.29. The highest BCUT2D eigenvalue weighted by Crippen LogP contribution is 2.32. The maximum absolute atomic E-state index is 12.6. The van der Waals surface area contributed by atoms with E-state index < -0.39 is 12.1 Å². The topological polar surface area (TPSA) is 78.6 Å². The largest absolute Gasteiger partial charge is 0.458 e. The van der Waals surface area contributed by atoms with E-state index in [2.05, 4.69) is 13.8 Å². The number of nitrogens with two attached hydrogens (primary N) is 1. The molecule has 0 aromatic carbocycles. The molecular weight excluding hydrogens is 354 g/mol. The zero-order chi connectivity index (χ0) is 18.4. The smallest absolute Gasteiger partial charge is 0.323 e. The van der Waals surface area contributed by atoms with Crippen molar-refractivity contribution >= 4 is 24.3 Å². The average molecular weight is 390 g/mol. The molecule has 4 atom stereocenters. The molecule has 1 aliphatic carbocycles. The highest BCUT2D eigenvalue weighted by molar-refractivity contribution is 5.85. The van der Waals surface area contributed by atoms with Gasteiger partial charge in [0.05, 0.1) is 5.92 Å². The average Bonchev–Trinajstić information content (AvgIpc) is 3.09. The van der Waals surface area contributed by atoms with Gasteiger partial charge in [0.2, 0.25) is 0 Å². The minimum absolute atomic E-state index is 0. The van der Waals surface area contributed by atoms with Crippen molar-refractivity contribution in [3.63, 3.8) is 0 Å². The number of carbonyl (C=O) groups is 2. The van der Waals surface area contributed by atoms with Crippen LogP contribution >= 0.6 is 12.4 Å². The van der Waals surface area contributed by atoms with Gasteiger partial charge in [0.15, 0.2) is 0 Å². The summed E-state index contributed by atoms with van der Waals surface area (Å²) in [6, 6.07) is -0.572. The van der Waals surface area contributed by atoms with Gasteiger partial charge in [-0.2, -0.15) is 0 Å². The number of rotatable bonds is 5. The molecule has 0 spiro atoms. The molecule has 1 aliphatic heterocycles. The van der Waals surface area contributed by atoms with Gasteiger partial charge in [-0.3, -0.25) is 9.59 Å². The van der Waals surface area contributed by atoms with E-state index in [1.165, 1.54) is 0 Å². The molecule has 0 unspecified atom stereocenters. The first-order valence-corrected chi connectivity index (χ1v) is 10.0. The maximum atomic E-state index is 12.6. The summed E-state index contributed by atoms with van der Waals surface area (Å²) in [6.45, 7) is 6.24. The van der Waals surface area contributed by atoms with Gasteiger partial charge >= 0.3 is 11.9 Å². The fraction of sp³-hybridized carbons (Fsp3) is 0.900. The van der Waals surface area contributed by atoms with Gasteiger partial charge in [-0.05, 0) is 50.9 Å². The Hall–Kier alpha value is -0.810. The number of cyclic esters (lactones) is 1. The van der Waals surface area contributed by atoms with Crippen LogP contribution in [0.2, 0.25) is 0 Å². The SMILES string of the molecule is CC(C)CC[C@H]1CCC[C@H](N)C(=O)O[C@@H](C)[C@@H]1OC(=O)C1CCCC1.Cl. The number of esters is 2. The van der Waals surface area contributed by atoms with Gasteiger partial charge in [0.1, 0.15) is 18.2 Å². The van der Waals surface area contributed by atoms with E-state index in [9.17, 15) is 9.59 Å². The monoisotopic (exact) mass is 389 g/mol. The lowest BCUT2D eigenvalue weighted by molar-refractivity contribution is -0.174. The normalized spacial score (nSPS) is 30.7. The van der Waals surface area contributed by atoms with Crippen LogP contribution in [0.5, 0.6) is 0 Å². The Balaban J connectivity index is 0.00000338. The van der Waals surface area contributed by atoms with E-state index in [0.29, 0.717) is 12.3 Å². The Morgan fingerprint density at radius 3 is 2.46 bits per heavy atom. The molecule has 2 aliphatic rings. The number of halogens is 1. The van der Waals surface area contributed by atoms with E-state index in [1.54, 1.807) is 0 Å². The molecule has 2 fully saturated rings. The van der Waals surface area contributed by atoms with Crippen LogP contribution < -0.4 is 5.73 Å². The molecule has 2 rings (SSSR count). The van der Waals surface area contributed by atoms with Gasteiger partial charge in [0, 0.05) is 0 Å². The lowest BCUT2D eigenvalue weighted by Gasteiger charge is -2.32. The van der Waals surface area contributed by atoms with Gasteiger partial charge < -0.3 is 15.2 Å². The molecule has 0 radical (unpaired) electrons. The van der Waals surface area contributed by atoms with Gasteiger partial charge in [0.25, 0.3) is 0 Å². The predicted molar refractivity (Wildman–Crippen MR) is 104 cm³/mol. The number of ether oxygens (including phenoxy) is 2. The summed E-state index contributed by atoms with van der Waals surface area (Å²) < 4.78 is 11.5. The number of hydrogen-bond donors (Lipinski definition) is 1. The Labute approximate surface area is 164 Å². The summed E-state index contributed by atoms with van der Waals surface area (Å²) in [4.78, 5) is 24.7. The molecule has 0 aromatic rings. The van der Waals surface area contributed by atoms with E-state index in [0.717, 1.165) is 51.4 Å². The van der Waals surface area contributed by atoms with Crippen LogP contribution in [0.3, 0.4) is 0 Å². The van der Waals surface area contributed by atoms with Crippen molar-refractivity contribution in [1.29, 1.82) is 0 Å². The van der Waals surface area contributed by atoms with Crippen molar-refractivity contribution in [3.8, 4) is 0 Å². The van der Waals surface area contributed by atoms with Crippen LogP contribution in [0.1, 0.15) is 78.6 Å². The predicted octanol–water partition coefficient (Wildman–Crippen LogP) is 4.01. The van der Waals surface area contributed by atoms with E-state index >= 15 is 0 Å². The summed E-state index contributed by atoms with van der Waals surface area (Å²) >= 11 is 0. The molecule has 5 nitrogen and oxygen atoms in total. The Morgan fingerprint density at radius 2 is 1.85 bits per heavy atom. The number of hydrogen-bond acceptors (Lipinski definition) is 5. The molecule has 0 amide bonds. The first-order chi connectivity index (χ1) is 11.9. The Kier molecular flexibility index (Phi) is 9.94. The molecule has 0 aromatic heterocycles. The van der Waals surface area contributed by atoms with Crippen molar-refractivity contribution in [3.05, 3.63) is 0 Å². The van der Waals surface area contributed by atoms with E-state index in [4.69, 9.17) is 15.2 Å². The summed E-state index contributed by atoms with van der Waals surface area (Å²) in [6.07, 6.45) is 7.70. The second-order valence-corrected chi connectivity index (χ2v) is 8.29. The Morgan fingerprint density at radius 1 is 1.19 bits per heavy atom. The van der Waals surface area contributed by atoms with Crippen molar-refractivity contribution in [2.24, 2.45) is 23.5 Å². The minimum Gasteiger partial charge on any atom is -0.458 e. The molecule has 26 heavy (non-hydrogen) atoms. The minimum atomic E-state index is -0.572. The summed E-state index contributed by atoms with van der Waals surface area (Å²) in [5.74, 6) is 0.353. The molecular formula is C20H36ClNO4. The highest BCUT2D eigenvalue weighted by Gasteiger charge is 2.37. The lowest BCUT2D eigenvalue weighted by Crippen LogP contribution is -2.42. The van der Waals surface area contributed by atoms with Crippen LogP contribution in [-0.2, 0) is 19.1 Å². The van der Waals surface area contributed by atoms with Crippen LogP contribution in [0.25, 0.3) is 0 Å². The fourth-order valence-corrected chi connectivity index (χ4v) is 4.04. The Bertz CT molecular complexity index is 451. The first-order valence-electron chi connectivity index (χ1n) is 10.0. The van der Waals surface area contributed by atoms with Gasteiger partial charge in [-0.25, -0.2) is 0 Å². The third kappa shape index (κ3) is 6.73. The summed E-state index contributed by atoms with van der Waals surface area (Å²) in [7, 11) is 0. The summed E-state index contributed by atoms with van der Waals surface area (Å²) in [5, 5.41) is 0. The maximum Gasteiger partial charge on any atom is 0.323 e. The highest BCUT2D eigenvalue weighted by atomic mass is 35.5. The lowest BCUT2D eigenvalue weighted by atomic mass is 9.86. The zero-order valence-corrected chi connectivity index (χ0v) is 17.3. The standard InChI is InChI=1S/C20H35NO4.ClH/c1-13(2)11-12-15-9-6-10-17(21)20(23)24-14(3)18(15)25-19(22)16-7-4-5-8-16;/h13-18H,4-12,21H2,1-3H3;1H/t14-,15+,17-,18-;/m0./s1. The van der Waals surface area contributed by atoms with Crippen LogP contribution in [0.15, 0.2) is 0 Å².